The highest BCUT2D eigenvalue weighted by molar-refractivity contribution is 7.99. The lowest BCUT2D eigenvalue weighted by atomic mass is 10.0. The number of hydrogen-bond donors (Lipinski definition) is 1. The first-order valence-corrected chi connectivity index (χ1v) is 11.9. The molecular weight excluding hydrogens is 456 g/mol. The Morgan fingerprint density at radius 3 is 2.73 bits per heavy atom. The molecule has 0 saturated carbocycles. The van der Waals surface area contributed by atoms with Gasteiger partial charge in [-0.25, -0.2) is 4.98 Å². The molecular formula is C24H18N4O3S2. The molecule has 5 aromatic rings. The van der Waals surface area contributed by atoms with Crippen LogP contribution in [0.3, 0.4) is 0 Å². The number of rotatable bonds is 7. The van der Waals surface area contributed by atoms with E-state index in [4.69, 9.17) is 9.15 Å². The van der Waals surface area contributed by atoms with Crippen LogP contribution in [0.1, 0.15) is 0 Å². The first-order valence-electron chi connectivity index (χ1n) is 10.0. The third kappa shape index (κ3) is 4.74. The van der Waals surface area contributed by atoms with Crippen LogP contribution in [0.25, 0.3) is 33.5 Å². The Morgan fingerprint density at radius 1 is 1.06 bits per heavy atom. The molecule has 33 heavy (non-hydrogen) atoms. The summed E-state index contributed by atoms with van der Waals surface area (Å²) in [5.41, 5.74) is 2.61. The average molecular weight is 475 g/mol. The normalized spacial score (nSPS) is 10.9. The van der Waals surface area contributed by atoms with Gasteiger partial charge in [-0.3, -0.25) is 4.79 Å². The Hall–Kier alpha value is -3.69. The van der Waals surface area contributed by atoms with Crippen molar-refractivity contribution in [3.05, 3.63) is 72.1 Å². The van der Waals surface area contributed by atoms with Gasteiger partial charge >= 0.3 is 0 Å². The fraction of sp³-hybridized carbons (Fsp3) is 0.0833. The predicted octanol–water partition coefficient (Wildman–Crippen LogP) is 5.75. The van der Waals surface area contributed by atoms with Gasteiger partial charge < -0.3 is 14.5 Å². The number of methoxy groups -OCH3 is 1. The minimum absolute atomic E-state index is 0.134. The van der Waals surface area contributed by atoms with E-state index in [0.717, 1.165) is 33.3 Å². The smallest absolute Gasteiger partial charge is 0.277 e. The van der Waals surface area contributed by atoms with Gasteiger partial charge in [0, 0.05) is 16.5 Å². The monoisotopic (exact) mass is 474 g/mol. The van der Waals surface area contributed by atoms with Gasteiger partial charge in [-0.2, -0.15) is 0 Å². The maximum absolute atomic E-state index is 12.4. The van der Waals surface area contributed by atoms with E-state index in [-0.39, 0.29) is 11.7 Å². The predicted molar refractivity (Wildman–Crippen MR) is 131 cm³/mol. The molecule has 0 spiro atoms. The summed E-state index contributed by atoms with van der Waals surface area (Å²) in [6.07, 6.45) is 0. The lowest BCUT2D eigenvalue weighted by Crippen LogP contribution is -2.13. The van der Waals surface area contributed by atoms with Crippen molar-refractivity contribution in [2.45, 2.75) is 5.22 Å². The van der Waals surface area contributed by atoms with Crippen molar-refractivity contribution >= 4 is 44.9 Å². The third-order valence-electron chi connectivity index (χ3n) is 4.89. The SMILES string of the molecule is COc1ccc(-c2csc(NC(=O)CSc3nnc(-c4cccc5ccccc45)o3)n2)cc1. The summed E-state index contributed by atoms with van der Waals surface area (Å²) in [6.45, 7) is 0. The molecule has 0 aliphatic heterocycles. The number of carbonyl (C=O) groups excluding carboxylic acids is 1. The summed E-state index contributed by atoms with van der Waals surface area (Å²) in [5, 5.41) is 16.0. The Morgan fingerprint density at radius 2 is 1.88 bits per heavy atom. The Balaban J connectivity index is 1.21. The molecule has 1 amide bonds. The van der Waals surface area contributed by atoms with Crippen molar-refractivity contribution in [3.8, 4) is 28.5 Å². The van der Waals surface area contributed by atoms with Gasteiger partial charge in [0.25, 0.3) is 5.22 Å². The standard InChI is InChI=1S/C24H18N4O3S2/c1-30-17-11-9-16(10-12-17)20-13-32-23(25-20)26-21(29)14-33-24-28-27-22(31-24)19-8-4-6-15-5-2-3-7-18(15)19/h2-13H,14H2,1H3,(H,25,26,29). The summed E-state index contributed by atoms with van der Waals surface area (Å²) in [4.78, 5) is 16.9. The van der Waals surface area contributed by atoms with Crippen molar-refractivity contribution < 1.29 is 13.9 Å². The van der Waals surface area contributed by atoms with Crippen molar-refractivity contribution in [2.75, 3.05) is 18.2 Å². The molecule has 0 saturated heterocycles. The van der Waals surface area contributed by atoms with E-state index < -0.39 is 0 Å². The highest BCUT2D eigenvalue weighted by atomic mass is 32.2. The molecule has 0 bridgehead atoms. The molecule has 3 aromatic carbocycles. The van der Waals surface area contributed by atoms with Crippen LogP contribution in [0.2, 0.25) is 0 Å². The highest BCUT2D eigenvalue weighted by Gasteiger charge is 2.14. The first kappa shape index (κ1) is 21.2. The van der Waals surface area contributed by atoms with Crippen molar-refractivity contribution in [1.29, 1.82) is 0 Å². The Labute approximate surface area is 197 Å². The first-order chi connectivity index (χ1) is 16.2. The van der Waals surface area contributed by atoms with Gasteiger partial charge in [0.2, 0.25) is 11.8 Å². The quantitative estimate of drug-likeness (QED) is 0.300. The molecule has 2 heterocycles. The Bertz CT molecular complexity index is 1410. The second-order valence-electron chi connectivity index (χ2n) is 7.00. The molecule has 0 aliphatic carbocycles. The van der Waals surface area contributed by atoms with Gasteiger partial charge in [-0.05, 0) is 41.1 Å². The van der Waals surface area contributed by atoms with Crippen LogP contribution in [0.15, 0.2) is 81.8 Å². The maximum Gasteiger partial charge on any atom is 0.277 e. The van der Waals surface area contributed by atoms with E-state index >= 15 is 0 Å². The van der Waals surface area contributed by atoms with E-state index in [1.54, 1.807) is 7.11 Å². The highest BCUT2D eigenvalue weighted by Crippen LogP contribution is 2.30. The molecule has 9 heteroatoms. The van der Waals surface area contributed by atoms with Gasteiger partial charge in [0.1, 0.15) is 5.75 Å². The number of nitrogens with one attached hydrogen (secondary N) is 1. The molecule has 0 radical (unpaired) electrons. The molecule has 1 N–H and O–H groups in total. The second-order valence-corrected chi connectivity index (χ2v) is 8.79. The number of thiazole rings is 1. The summed E-state index contributed by atoms with van der Waals surface area (Å²) in [7, 11) is 1.63. The largest absolute Gasteiger partial charge is 0.497 e. The molecule has 0 fully saturated rings. The zero-order valence-corrected chi connectivity index (χ0v) is 19.2. The second kappa shape index (κ2) is 9.43. The topological polar surface area (TPSA) is 90.1 Å². The number of anilines is 1. The van der Waals surface area contributed by atoms with Gasteiger partial charge in [0.15, 0.2) is 5.13 Å². The minimum Gasteiger partial charge on any atom is -0.497 e. The number of amides is 1. The number of benzene rings is 3. The molecule has 7 nitrogen and oxygen atoms in total. The molecule has 0 unspecified atom stereocenters. The molecule has 0 atom stereocenters. The van der Waals surface area contributed by atoms with Gasteiger partial charge in [-0.15, -0.1) is 21.5 Å². The number of nitrogens with zero attached hydrogens (tertiary/aromatic N) is 3. The van der Waals surface area contributed by atoms with Crippen LogP contribution in [-0.4, -0.2) is 34.0 Å². The lowest BCUT2D eigenvalue weighted by molar-refractivity contribution is -0.113. The van der Waals surface area contributed by atoms with Gasteiger partial charge in [0.05, 0.1) is 18.6 Å². The van der Waals surface area contributed by atoms with Crippen LogP contribution in [0.5, 0.6) is 5.75 Å². The third-order valence-corrected chi connectivity index (χ3v) is 6.47. The molecule has 164 valence electrons. The summed E-state index contributed by atoms with van der Waals surface area (Å²) in [5.74, 6) is 1.15. The zero-order chi connectivity index (χ0) is 22.6. The van der Waals surface area contributed by atoms with E-state index in [2.05, 4.69) is 20.5 Å². The van der Waals surface area contributed by atoms with Crippen molar-refractivity contribution in [3.63, 3.8) is 0 Å². The zero-order valence-electron chi connectivity index (χ0n) is 17.5. The number of fused-ring (bicyclic) bond motifs is 1. The van der Waals surface area contributed by atoms with E-state index in [9.17, 15) is 4.79 Å². The number of carbonyl (C=O) groups is 1. The number of ether oxygens (including phenoxy) is 1. The van der Waals surface area contributed by atoms with E-state index in [1.165, 1.54) is 23.1 Å². The van der Waals surface area contributed by atoms with E-state index in [1.807, 2.05) is 72.1 Å². The summed E-state index contributed by atoms with van der Waals surface area (Å²) >= 11 is 2.56. The Kier molecular flexibility index (Phi) is 6.05. The van der Waals surface area contributed by atoms with Crippen LogP contribution in [-0.2, 0) is 4.79 Å². The lowest BCUT2D eigenvalue weighted by Gasteiger charge is -2.02. The minimum atomic E-state index is -0.194. The van der Waals surface area contributed by atoms with Crippen molar-refractivity contribution in [2.24, 2.45) is 0 Å². The number of thioether (sulfide) groups is 1. The fourth-order valence-electron chi connectivity index (χ4n) is 3.30. The molecule has 2 aromatic heterocycles. The maximum atomic E-state index is 12.4. The van der Waals surface area contributed by atoms with E-state index in [0.29, 0.717) is 16.2 Å². The van der Waals surface area contributed by atoms with Crippen molar-refractivity contribution in [1.82, 2.24) is 15.2 Å². The fourth-order valence-corrected chi connectivity index (χ4v) is 4.60. The van der Waals surface area contributed by atoms with Crippen LogP contribution in [0.4, 0.5) is 5.13 Å². The summed E-state index contributed by atoms with van der Waals surface area (Å²) < 4.78 is 11.0. The van der Waals surface area contributed by atoms with Gasteiger partial charge in [-0.1, -0.05) is 48.2 Å². The average Bonchev–Trinajstić information content (AvgIpc) is 3.52. The summed E-state index contributed by atoms with van der Waals surface area (Å²) in [6, 6.07) is 21.6. The number of hydrogen-bond acceptors (Lipinski definition) is 8. The molecule has 5 rings (SSSR count). The van der Waals surface area contributed by atoms with Crippen LogP contribution >= 0.6 is 23.1 Å². The number of aromatic nitrogens is 3. The molecule has 0 aliphatic rings. The van der Waals surface area contributed by atoms with Crippen LogP contribution in [0, 0.1) is 0 Å². The van der Waals surface area contributed by atoms with Crippen LogP contribution < -0.4 is 10.1 Å².